The molecule has 6 heteroatoms. The molecule has 0 heterocycles. The van der Waals surface area contributed by atoms with Crippen LogP contribution in [0.4, 0.5) is 10.5 Å². The fourth-order valence-electron chi connectivity index (χ4n) is 1.82. The number of ether oxygens (including phenoxy) is 1. The molecule has 0 fully saturated rings. The molecule has 1 aromatic rings. The molecule has 1 unspecified atom stereocenters. The summed E-state index contributed by atoms with van der Waals surface area (Å²) in [6, 6.07) is 6.71. The number of amides is 2. The number of nitrogens with one attached hydrogen (secondary N) is 2. The van der Waals surface area contributed by atoms with Gasteiger partial charge in [0.05, 0.1) is 6.61 Å². The summed E-state index contributed by atoms with van der Waals surface area (Å²) in [5.41, 5.74) is 0.655. The number of benzene rings is 1. The Hall–Kier alpha value is -2.24. The lowest BCUT2D eigenvalue weighted by molar-refractivity contribution is -0.138. The molecule has 0 aliphatic rings. The van der Waals surface area contributed by atoms with Crippen LogP contribution in [0.15, 0.2) is 24.3 Å². The molecule has 2 amide bonds. The molecule has 0 radical (unpaired) electrons. The first-order valence-electron chi connectivity index (χ1n) is 7.04. The van der Waals surface area contributed by atoms with Crippen LogP contribution in [0.2, 0.25) is 0 Å². The van der Waals surface area contributed by atoms with Crippen LogP contribution >= 0.6 is 0 Å². The van der Waals surface area contributed by atoms with Crippen LogP contribution in [-0.4, -0.2) is 30.3 Å². The van der Waals surface area contributed by atoms with Crippen molar-refractivity contribution >= 4 is 17.7 Å². The topological polar surface area (TPSA) is 87.7 Å². The summed E-state index contributed by atoms with van der Waals surface area (Å²) in [6.45, 7) is 4.74. The van der Waals surface area contributed by atoms with Crippen LogP contribution in [-0.2, 0) is 4.79 Å². The second-order valence-corrected chi connectivity index (χ2v) is 4.66. The number of carboxylic acids is 1. The second-order valence-electron chi connectivity index (χ2n) is 4.66. The van der Waals surface area contributed by atoms with E-state index < -0.39 is 5.97 Å². The third-order valence-electron chi connectivity index (χ3n) is 3.02. The third-order valence-corrected chi connectivity index (χ3v) is 3.02. The molecule has 0 saturated carbocycles. The van der Waals surface area contributed by atoms with Gasteiger partial charge in [-0.1, -0.05) is 13.3 Å². The van der Waals surface area contributed by atoms with E-state index in [0.29, 0.717) is 25.3 Å². The predicted octanol–water partition coefficient (Wildman–Crippen LogP) is 2.71. The zero-order chi connectivity index (χ0) is 15.7. The highest BCUT2D eigenvalue weighted by molar-refractivity contribution is 5.89. The predicted molar refractivity (Wildman–Crippen MR) is 80.7 cm³/mol. The number of carbonyl (C=O) groups is 2. The van der Waals surface area contributed by atoms with Gasteiger partial charge in [-0.05, 0) is 37.1 Å². The summed E-state index contributed by atoms with van der Waals surface area (Å²) in [5, 5.41) is 14.1. The molecule has 0 spiro atoms. The number of hydrogen-bond acceptors (Lipinski definition) is 3. The maximum atomic E-state index is 11.7. The quantitative estimate of drug-likeness (QED) is 0.688. The van der Waals surface area contributed by atoms with Crippen molar-refractivity contribution in [1.82, 2.24) is 5.32 Å². The highest BCUT2D eigenvalue weighted by Crippen LogP contribution is 2.15. The Morgan fingerprint density at radius 1 is 1.24 bits per heavy atom. The van der Waals surface area contributed by atoms with E-state index >= 15 is 0 Å². The van der Waals surface area contributed by atoms with Gasteiger partial charge < -0.3 is 20.5 Å². The van der Waals surface area contributed by atoms with E-state index in [-0.39, 0.29) is 18.4 Å². The number of carboxylic acid groups (broad SMARTS) is 1. The van der Waals surface area contributed by atoms with Gasteiger partial charge in [0.15, 0.2) is 0 Å². The lowest BCUT2D eigenvalue weighted by Crippen LogP contribution is -2.33. The lowest BCUT2D eigenvalue weighted by atomic mass is 10.0. The van der Waals surface area contributed by atoms with Gasteiger partial charge in [-0.3, -0.25) is 4.79 Å². The van der Waals surface area contributed by atoms with Gasteiger partial charge in [0.25, 0.3) is 0 Å². The van der Waals surface area contributed by atoms with Crippen molar-refractivity contribution in [3.05, 3.63) is 24.3 Å². The van der Waals surface area contributed by atoms with Crippen molar-refractivity contribution in [3.63, 3.8) is 0 Å². The Kier molecular flexibility index (Phi) is 7.08. The molecule has 6 nitrogen and oxygen atoms in total. The van der Waals surface area contributed by atoms with Crippen LogP contribution in [0.3, 0.4) is 0 Å². The lowest BCUT2D eigenvalue weighted by Gasteiger charge is -2.14. The Morgan fingerprint density at radius 3 is 2.43 bits per heavy atom. The van der Waals surface area contributed by atoms with E-state index in [4.69, 9.17) is 9.84 Å². The molecule has 0 bridgehead atoms. The van der Waals surface area contributed by atoms with Crippen molar-refractivity contribution in [1.29, 1.82) is 0 Å². The summed E-state index contributed by atoms with van der Waals surface area (Å²) in [4.78, 5) is 22.4. The van der Waals surface area contributed by atoms with E-state index in [9.17, 15) is 9.59 Å². The highest BCUT2D eigenvalue weighted by Gasteiger charge is 2.12. The minimum Gasteiger partial charge on any atom is -0.494 e. The summed E-state index contributed by atoms with van der Waals surface area (Å²) in [7, 11) is 0. The molecular weight excluding hydrogens is 272 g/mol. The minimum absolute atomic E-state index is 0.0554. The Balaban J connectivity index is 2.40. The molecule has 1 aromatic carbocycles. The molecule has 0 saturated heterocycles. The second kappa shape index (κ2) is 8.84. The van der Waals surface area contributed by atoms with Crippen LogP contribution in [0.5, 0.6) is 5.75 Å². The first kappa shape index (κ1) is 16.8. The average Bonchev–Trinajstić information content (AvgIpc) is 2.45. The first-order chi connectivity index (χ1) is 10.0. The van der Waals surface area contributed by atoms with Gasteiger partial charge in [-0.2, -0.15) is 0 Å². The molecule has 0 aliphatic heterocycles. The zero-order valence-electron chi connectivity index (χ0n) is 12.4. The van der Waals surface area contributed by atoms with Gasteiger partial charge in [-0.25, -0.2) is 4.79 Å². The average molecular weight is 294 g/mol. The molecule has 1 rings (SSSR count). The maximum Gasteiger partial charge on any atom is 0.319 e. The van der Waals surface area contributed by atoms with Crippen LogP contribution in [0, 0.1) is 5.92 Å². The zero-order valence-corrected chi connectivity index (χ0v) is 12.4. The Morgan fingerprint density at radius 2 is 1.90 bits per heavy atom. The summed E-state index contributed by atoms with van der Waals surface area (Å²) in [5.74, 6) is -0.167. The number of rotatable bonds is 8. The number of carbonyl (C=O) groups excluding carboxylic acids is 1. The third kappa shape index (κ3) is 6.65. The van der Waals surface area contributed by atoms with Crippen molar-refractivity contribution in [2.24, 2.45) is 5.92 Å². The molecule has 0 aliphatic carbocycles. The highest BCUT2D eigenvalue weighted by atomic mass is 16.5. The maximum absolute atomic E-state index is 11.7. The number of anilines is 1. The molecular formula is C15H22N2O4. The molecule has 3 N–H and O–H groups in total. The van der Waals surface area contributed by atoms with Gasteiger partial charge >= 0.3 is 12.0 Å². The monoisotopic (exact) mass is 294 g/mol. The van der Waals surface area contributed by atoms with Gasteiger partial charge in [0, 0.05) is 18.7 Å². The van der Waals surface area contributed by atoms with Crippen LogP contribution < -0.4 is 15.4 Å². The summed E-state index contributed by atoms with van der Waals surface area (Å²) in [6.07, 6.45) is 0.759. The van der Waals surface area contributed by atoms with E-state index in [1.54, 1.807) is 24.3 Å². The number of aliphatic carboxylic acids is 1. The normalized spacial score (nSPS) is 11.5. The molecule has 116 valence electrons. The van der Waals surface area contributed by atoms with Gasteiger partial charge in [-0.15, -0.1) is 0 Å². The number of hydrogen-bond donors (Lipinski definition) is 3. The largest absolute Gasteiger partial charge is 0.494 e. The Labute approximate surface area is 124 Å². The van der Waals surface area contributed by atoms with E-state index in [0.717, 1.165) is 5.75 Å². The standard InChI is InChI=1S/C15H22N2O4/c1-3-11(9-14(18)19)10-16-15(20)17-12-5-7-13(8-6-12)21-4-2/h5-8,11H,3-4,9-10H2,1-2H3,(H,18,19)(H2,16,17,20). The molecule has 1 atom stereocenters. The van der Waals surface area contributed by atoms with Crippen molar-refractivity contribution in [2.75, 3.05) is 18.5 Å². The van der Waals surface area contributed by atoms with Crippen molar-refractivity contribution < 1.29 is 19.4 Å². The summed E-state index contributed by atoms with van der Waals surface area (Å²) < 4.78 is 5.31. The van der Waals surface area contributed by atoms with Crippen molar-refractivity contribution in [3.8, 4) is 5.75 Å². The number of urea groups is 1. The van der Waals surface area contributed by atoms with Gasteiger partial charge in [0.1, 0.15) is 5.75 Å². The van der Waals surface area contributed by atoms with E-state index in [1.165, 1.54) is 0 Å². The smallest absolute Gasteiger partial charge is 0.319 e. The molecule has 0 aromatic heterocycles. The van der Waals surface area contributed by atoms with Gasteiger partial charge in [0.2, 0.25) is 0 Å². The Bertz CT molecular complexity index is 459. The molecule has 21 heavy (non-hydrogen) atoms. The van der Waals surface area contributed by atoms with Crippen LogP contribution in [0.1, 0.15) is 26.7 Å². The van der Waals surface area contributed by atoms with Crippen LogP contribution in [0.25, 0.3) is 0 Å². The summed E-state index contributed by atoms with van der Waals surface area (Å²) >= 11 is 0. The van der Waals surface area contributed by atoms with E-state index in [1.807, 2.05) is 13.8 Å². The fraction of sp³-hybridized carbons (Fsp3) is 0.467. The minimum atomic E-state index is -0.851. The SMILES string of the molecule is CCOc1ccc(NC(=O)NCC(CC)CC(=O)O)cc1. The van der Waals surface area contributed by atoms with Crippen molar-refractivity contribution in [2.45, 2.75) is 26.7 Å². The first-order valence-corrected chi connectivity index (χ1v) is 7.04. The van der Waals surface area contributed by atoms with E-state index in [2.05, 4.69) is 10.6 Å². The fourth-order valence-corrected chi connectivity index (χ4v) is 1.82.